The first kappa shape index (κ1) is 13.4. The second-order valence-electron chi connectivity index (χ2n) is 4.34. The van der Waals surface area contributed by atoms with Gasteiger partial charge in [0, 0.05) is 11.4 Å². The molecule has 96 valence electrons. The number of Topliss-reactive ketones (excluding diaryl/α,β-unsaturated/α-hetero) is 1. The van der Waals surface area contributed by atoms with Crippen molar-refractivity contribution in [1.82, 2.24) is 14.8 Å². The molecule has 0 aliphatic heterocycles. The highest BCUT2D eigenvalue weighted by Gasteiger charge is 2.19. The van der Waals surface area contributed by atoms with E-state index in [2.05, 4.69) is 26.0 Å². The number of hydrogen-bond acceptors (Lipinski definition) is 4. The van der Waals surface area contributed by atoms with E-state index in [4.69, 9.17) is 0 Å². The molecule has 0 amide bonds. The van der Waals surface area contributed by atoms with Gasteiger partial charge in [0.2, 0.25) is 0 Å². The maximum Gasteiger partial charge on any atom is 0.187 e. The van der Waals surface area contributed by atoms with Gasteiger partial charge in [-0.2, -0.15) is 5.10 Å². The Morgan fingerprint density at radius 3 is 2.83 bits per heavy atom. The summed E-state index contributed by atoms with van der Waals surface area (Å²) in [5, 5.41) is 7.12. The van der Waals surface area contributed by atoms with Crippen LogP contribution in [0.15, 0.2) is 16.0 Å². The van der Waals surface area contributed by atoms with Crippen molar-refractivity contribution in [3.05, 3.63) is 32.4 Å². The van der Waals surface area contributed by atoms with Crippen molar-refractivity contribution >= 4 is 33.0 Å². The van der Waals surface area contributed by atoms with Crippen molar-refractivity contribution in [2.45, 2.75) is 33.2 Å². The van der Waals surface area contributed by atoms with Crippen molar-refractivity contribution < 1.29 is 4.79 Å². The van der Waals surface area contributed by atoms with Crippen LogP contribution in [-0.4, -0.2) is 20.5 Å². The molecule has 0 bridgehead atoms. The summed E-state index contributed by atoms with van der Waals surface area (Å²) < 4.78 is 2.49. The zero-order chi connectivity index (χ0) is 13.3. The summed E-state index contributed by atoms with van der Waals surface area (Å²) in [7, 11) is 0. The Kier molecular flexibility index (Phi) is 3.97. The van der Waals surface area contributed by atoms with Crippen LogP contribution in [0.2, 0.25) is 0 Å². The third kappa shape index (κ3) is 2.70. The molecule has 2 aromatic heterocycles. The molecule has 0 atom stereocenters. The first-order valence-electron chi connectivity index (χ1n) is 5.66. The quantitative estimate of drug-likeness (QED) is 0.808. The number of aryl methyl sites for hydroxylation is 1. The van der Waals surface area contributed by atoms with Gasteiger partial charge in [-0.3, -0.25) is 9.48 Å². The summed E-state index contributed by atoms with van der Waals surface area (Å²) >= 11 is 4.94. The lowest BCUT2D eigenvalue weighted by Gasteiger charge is -2.10. The van der Waals surface area contributed by atoms with Crippen molar-refractivity contribution in [3.63, 3.8) is 0 Å². The Balaban J connectivity index is 2.26. The van der Waals surface area contributed by atoms with Crippen LogP contribution in [0.1, 0.15) is 41.1 Å². The minimum absolute atomic E-state index is 0.0402. The van der Waals surface area contributed by atoms with Gasteiger partial charge in [-0.15, -0.1) is 11.3 Å². The highest BCUT2D eigenvalue weighted by Crippen LogP contribution is 2.21. The summed E-state index contributed by atoms with van der Waals surface area (Å²) in [5.74, 6) is 0.0402. The van der Waals surface area contributed by atoms with Crippen LogP contribution < -0.4 is 0 Å². The van der Waals surface area contributed by atoms with E-state index in [-0.39, 0.29) is 11.8 Å². The lowest BCUT2D eigenvalue weighted by atomic mass is 10.1. The summed E-state index contributed by atoms with van der Waals surface area (Å²) in [6, 6.07) is 0.160. The normalized spacial score (nSPS) is 11.2. The van der Waals surface area contributed by atoms with E-state index in [0.717, 1.165) is 15.2 Å². The predicted octanol–water partition coefficient (Wildman–Crippen LogP) is 3.42. The average molecular weight is 328 g/mol. The lowest BCUT2D eigenvalue weighted by Crippen LogP contribution is -2.15. The van der Waals surface area contributed by atoms with Gasteiger partial charge in [0.1, 0.15) is 5.69 Å². The van der Waals surface area contributed by atoms with Crippen molar-refractivity contribution in [2.24, 2.45) is 0 Å². The Bertz CT molecular complexity index is 574. The number of carbonyl (C=O) groups is 1. The number of halogens is 1. The van der Waals surface area contributed by atoms with E-state index in [1.807, 2.05) is 26.2 Å². The first-order chi connectivity index (χ1) is 8.49. The van der Waals surface area contributed by atoms with Crippen LogP contribution in [0.25, 0.3) is 0 Å². The first-order valence-corrected chi connectivity index (χ1v) is 7.33. The molecule has 0 saturated carbocycles. The molecule has 4 nitrogen and oxygen atoms in total. The fraction of sp³-hybridized carbons (Fsp3) is 0.417. The topological polar surface area (TPSA) is 47.8 Å². The zero-order valence-corrected chi connectivity index (χ0v) is 12.9. The fourth-order valence-electron chi connectivity index (χ4n) is 1.73. The van der Waals surface area contributed by atoms with Crippen molar-refractivity contribution in [2.75, 3.05) is 0 Å². The molecule has 2 aromatic rings. The molecule has 0 radical (unpaired) electrons. The van der Waals surface area contributed by atoms with Crippen LogP contribution in [0.3, 0.4) is 0 Å². The van der Waals surface area contributed by atoms with Gasteiger partial charge in [-0.1, -0.05) is 0 Å². The molecule has 6 heteroatoms. The van der Waals surface area contributed by atoms with Crippen molar-refractivity contribution in [1.29, 1.82) is 0 Å². The second kappa shape index (κ2) is 5.32. The number of ketones is 1. The monoisotopic (exact) mass is 327 g/mol. The summed E-state index contributed by atoms with van der Waals surface area (Å²) in [5.41, 5.74) is 1.45. The van der Waals surface area contributed by atoms with E-state index >= 15 is 0 Å². The van der Waals surface area contributed by atoms with E-state index in [0.29, 0.717) is 12.1 Å². The highest BCUT2D eigenvalue weighted by molar-refractivity contribution is 9.10. The Morgan fingerprint density at radius 1 is 1.56 bits per heavy atom. The minimum Gasteiger partial charge on any atom is -0.292 e. The van der Waals surface area contributed by atoms with Gasteiger partial charge < -0.3 is 0 Å². The minimum atomic E-state index is 0.0402. The third-order valence-electron chi connectivity index (χ3n) is 2.51. The molecule has 0 aromatic carbocycles. The summed E-state index contributed by atoms with van der Waals surface area (Å²) in [4.78, 5) is 16.6. The number of rotatable bonds is 4. The van der Waals surface area contributed by atoms with Gasteiger partial charge >= 0.3 is 0 Å². The number of aromatic nitrogens is 3. The fourth-order valence-corrected chi connectivity index (χ4v) is 2.84. The zero-order valence-electron chi connectivity index (χ0n) is 10.5. The van der Waals surface area contributed by atoms with Crippen LogP contribution in [-0.2, 0) is 6.42 Å². The molecule has 0 spiro atoms. The molecule has 0 unspecified atom stereocenters. The van der Waals surface area contributed by atoms with E-state index in [9.17, 15) is 4.79 Å². The maximum atomic E-state index is 12.3. The molecule has 0 fully saturated rings. The standard InChI is InChI=1S/C12H14BrN3OS/c1-7(2)16-12(10(13)5-14-16)11(17)4-9-6-18-8(3)15-9/h5-7H,4H2,1-3H3. The van der Waals surface area contributed by atoms with Gasteiger partial charge in [-0.25, -0.2) is 4.98 Å². The second-order valence-corrected chi connectivity index (χ2v) is 6.25. The lowest BCUT2D eigenvalue weighted by molar-refractivity contribution is 0.0979. The molecule has 0 aliphatic rings. The van der Waals surface area contributed by atoms with Crippen LogP contribution in [0.5, 0.6) is 0 Å². The van der Waals surface area contributed by atoms with Crippen molar-refractivity contribution in [3.8, 4) is 0 Å². The van der Waals surface area contributed by atoms with Crippen LogP contribution >= 0.6 is 27.3 Å². The average Bonchev–Trinajstić information content (AvgIpc) is 2.85. The van der Waals surface area contributed by atoms with Gasteiger partial charge in [0.05, 0.1) is 27.8 Å². The van der Waals surface area contributed by atoms with E-state index in [1.54, 1.807) is 22.2 Å². The van der Waals surface area contributed by atoms with Crippen LogP contribution in [0, 0.1) is 6.92 Å². The summed E-state index contributed by atoms with van der Waals surface area (Å²) in [6.07, 6.45) is 1.99. The number of nitrogens with zero attached hydrogens (tertiary/aromatic N) is 3. The molecular formula is C12H14BrN3OS. The van der Waals surface area contributed by atoms with E-state index < -0.39 is 0 Å². The molecule has 0 aliphatic carbocycles. The third-order valence-corrected chi connectivity index (χ3v) is 3.91. The molecular weight excluding hydrogens is 314 g/mol. The van der Waals surface area contributed by atoms with Gasteiger partial charge in [-0.05, 0) is 36.7 Å². The Labute approximate surface area is 118 Å². The highest BCUT2D eigenvalue weighted by atomic mass is 79.9. The molecule has 2 rings (SSSR count). The summed E-state index contributed by atoms with van der Waals surface area (Å²) in [6.45, 7) is 5.94. The molecule has 2 heterocycles. The smallest absolute Gasteiger partial charge is 0.187 e. The SMILES string of the molecule is Cc1nc(CC(=O)c2c(Br)cnn2C(C)C)cs1. The molecule has 18 heavy (non-hydrogen) atoms. The molecule has 0 N–H and O–H groups in total. The number of carbonyl (C=O) groups excluding carboxylic acids is 1. The molecule has 0 saturated heterocycles. The van der Waals surface area contributed by atoms with Gasteiger partial charge in [0.25, 0.3) is 0 Å². The predicted molar refractivity (Wildman–Crippen MR) is 75.2 cm³/mol. The Hall–Kier alpha value is -1.01. The maximum absolute atomic E-state index is 12.3. The van der Waals surface area contributed by atoms with Crippen LogP contribution in [0.4, 0.5) is 0 Å². The van der Waals surface area contributed by atoms with Gasteiger partial charge in [0.15, 0.2) is 5.78 Å². The largest absolute Gasteiger partial charge is 0.292 e. The number of thiazole rings is 1. The Morgan fingerprint density at radius 2 is 2.28 bits per heavy atom. The van der Waals surface area contributed by atoms with E-state index in [1.165, 1.54) is 0 Å². The number of hydrogen-bond donors (Lipinski definition) is 0.